The second-order valence-corrected chi connectivity index (χ2v) is 2.93. The van der Waals surface area contributed by atoms with Crippen LogP contribution in [0.4, 0.5) is 0 Å². The number of fused-ring (bicyclic) bond motifs is 1. The van der Waals surface area contributed by atoms with E-state index in [2.05, 4.69) is 4.98 Å². The Bertz CT molecular complexity index is 337. The van der Waals surface area contributed by atoms with E-state index in [0.717, 1.165) is 0 Å². The van der Waals surface area contributed by atoms with Crippen molar-refractivity contribution < 1.29 is 14.6 Å². The van der Waals surface area contributed by atoms with Gasteiger partial charge in [-0.3, -0.25) is 4.79 Å². The minimum atomic E-state index is -0.808. The van der Waals surface area contributed by atoms with Crippen LogP contribution in [-0.4, -0.2) is 22.7 Å². The average Bonchev–Trinajstić information content (AvgIpc) is 2.17. The predicted molar refractivity (Wildman–Crippen MR) is 44.7 cm³/mol. The highest BCUT2D eigenvalue weighted by molar-refractivity contribution is 5.77. The van der Waals surface area contributed by atoms with E-state index in [-0.39, 0.29) is 0 Å². The molecule has 4 heteroatoms. The Balaban J connectivity index is 2.42. The van der Waals surface area contributed by atoms with Gasteiger partial charge in [-0.2, -0.15) is 0 Å². The van der Waals surface area contributed by atoms with Crippen molar-refractivity contribution >= 4 is 5.97 Å². The van der Waals surface area contributed by atoms with Crippen LogP contribution in [-0.2, 0) is 4.79 Å². The molecule has 1 atom stereocenters. The molecule has 0 saturated carbocycles. The first-order chi connectivity index (χ1) is 6.29. The summed E-state index contributed by atoms with van der Waals surface area (Å²) >= 11 is 0. The molecule has 68 valence electrons. The van der Waals surface area contributed by atoms with Crippen LogP contribution < -0.4 is 4.74 Å². The summed E-state index contributed by atoms with van der Waals surface area (Å²) in [4.78, 5) is 14.8. The minimum Gasteiger partial charge on any atom is -0.481 e. The van der Waals surface area contributed by atoms with E-state index in [1.807, 2.05) is 0 Å². The molecule has 0 fully saturated rings. The van der Waals surface area contributed by atoms with Gasteiger partial charge >= 0.3 is 5.97 Å². The van der Waals surface area contributed by atoms with E-state index in [4.69, 9.17) is 9.84 Å². The molecule has 2 heterocycles. The maximum absolute atomic E-state index is 10.8. The first-order valence-electron chi connectivity index (χ1n) is 4.09. The maximum Gasteiger partial charge on any atom is 0.311 e. The van der Waals surface area contributed by atoms with E-state index in [0.29, 0.717) is 24.5 Å². The molecule has 0 amide bonds. The van der Waals surface area contributed by atoms with Gasteiger partial charge in [-0.25, -0.2) is 4.98 Å². The van der Waals surface area contributed by atoms with Gasteiger partial charge in [0.2, 0.25) is 5.88 Å². The normalized spacial score (nSPS) is 20.2. The first kappa shape index (κ1) is 8.04. The lowest BCUT2D eigenvalue weighted by molar-refractivity contribution is -0.139. The van der Waals surface area contributed by atoms with Gasteiger partial charge in [0.05, 0.1) is 12.5 Å². The molecule has 4 nitrogen and oxygen atoms in total. The van der Waals surface area contributed by atoms with Gasteiger partial charge in [-0.05, 0) is 12.5 Å². The monoisotopic (exact) mass is 179 g/mol. The van der Waals surface area contributed by atoms with E-state index < -0.39 is 11.9 Å². The molecule has 2 rings (SSSR count). The molecule has 0 aromatic carbocycles. The summed E-state index contributed by atoms with van der Waals surface area (Å²) in [7, 11) is 0. The fraction of sp³-hybridized carbons (Fsp3) is 0.333. The lowest BCUT2D eigenvalue weighted by atomic mass is 9.96. The van der Waals surface area contributed by atoms with Crippen molar-refractivity contribution in [1.82, 2.24) is 4.98 Å². The molecule has 1 aromatic heterocycles. The van der Waals surface area contributed by atoms with Crippen LogP contribution in [0.3, 0.4) is 0 Å². The van der Waals surface area contributed by atoms with Crippen molar-refractivity contribution in [2.24, 2.45) is 0 Å². The molecule has 13 heavy (non-hydrogen) atoms. The number of nitrogens with zero attached hydrogens (tertiary/aromatic N) is 1. The second kappa shape index (κ2) is 3.05. The highest BCUT2D eigenvalue weighted by Gasteiger charge is 2.27. The van der Waals surface area contributed by atoms with E-state index in [1.165, 1.54) is 0 Å². The molecule has 0 bridgehead atoms. The summed E-state index contributed by atoms with van der Waals surface area (Å²) in [6, 6.07) is 3.48. The van der Waals surface area contributed by atoms with E-state index in [1.54, 1.807) is 18.3 Å². The number of rotatable bonds is 1. The van der Waals surface area contributed by atoms with Crippen LogP contribution in [0.2, 0.25) is 0 Å². The molecular formula is C9H9NO3. The highest BCUT2D eigenvalue weighted by atomic mass is 16.5. The first-order valence-corrected chi connectivity index (χ1v) is 4.09. The molecule has 0 aliphatic carbocycles. The standard InChI is InChI=1S/C9H9NO3/c11-9(12)7-3-5-13-8-6(7)2-1-4-10-8/h1-2,4,7H,3,5H2,(H,11,12)/t7-/m0/s1. The zero-order valence-corrected chi connectivity index (χ0v) is 6.93. The van der Waals surface area contributed by atoms with Gasteiger partial charge in [-0.15, -0.1) is 0 Å². The second-order valence-electron chi connectivity index (χ2n) is 2.93. The molecule has 0 unspecified atom stereocenters. The predicted octanol–water partition coefficient (Wildman–Crippen LogP) is 1.03. The number of ether oxygens (including phenoxy) is 1. The molecule has 0 saturated heterocycles. The van der Waals surface area contributed by atoms with Crippen LogP contribution in [0.15, 0.2) is 18.3 Å². The van der Waals surface area contributed by atoms with Crippen molar-refractivity contribution in [3.8, 4) is 5.88 Å². The quantitative estimate of drug-likeness (QED) is 0.699. The summed E-state index contributed by atoms with van der Waals surface area (Å²) in [6.07, 6.45) is 2.12. The van der Waals surface area contributed by atoms with Gasteiger partial charge in [0.1, 0.15) is 0 Å². The summed E-state index contributed by atoms with van der Waals surface area (Å²) in [6.45, 7) is 0.432. The number of aliphatic carboxylic acids is 1. The van der Waals surface area contributed by atoms with E-state index >= 15 is 0 Å². The number of carboxylic acids is 1. The van der Waals surface area contributed by atoms with Crippen molar-refractivity contribution in [3.05, 3.63) is 23.9 Å². The number of pyridine rings is 1. The Morgan fingerprint density at radius 2 is 2.54 bits per heavy atom. The highest BCUT2D eigenvalue weighted by Crippen LogP contribution is 2.31. The van der Waals surface area contributed by atoms with Gasteiger partial charge in [0.15, 0.2) is 0 Å². The van der Waals surface area contributed by atoms with Gasteiger partial charge in [-0.1, -0.05) is 6.07 Å². The summed E-state index contributed by atoms with van der Waals surface area (Å²) in [5.74, 6) is -0.809. The third-order valence-electron chi connectivity index (χ3n) is 2.12. The summed E-state index contributed by atoms with van der Waals surface area (Å²) in [5, 5.41) is 8.90. The number of carbonyl (C=O) groups is 1. The van der Waals surface area contributed by atoms with Crippen LogP contribution in [0, 0.1) is 0 Å². The van der Waals surface area contributed by atoms with E-state index in [9.17, 15) is 4.79 Å². The topological polar surface area (TPSA) is 59.4 Å². The molecule has 0 radical (unpaired) electrons. The summed E-state index contributed by atoms with van der Waals surface area (Å²) in [5.41, 5.74) is 0.682. The van der Waals surface area contributed by atoms with Crippen LogP contribution in [0.1, 0.15) is 17.9 Å². The SMILES string of the molecule is O=C(O)[C@H]1CCOc2ncccc21. The Kier molecular flexibility index (Phi) is 1.88. The largest absolute Gasteiger partial charge is 0.481 e. The number of carboxylic acid groups (broad SMARTS) is 1. The van der Waals surface area contributed by atoms with Crippen LogP contribution in [0.25, 0.3) is 0 Å². The Hall–Kier alpha value is -1.58. The molecule has 1 aliphatic rings. The third-order valence-corrected chi connectivity index (χ3v) is 2.12. The Morgan fingerprint density at radius 3 is 3.31 bits per heavy atom. The zero-order chi connectivity index (χ0) is 9.26. The smallest absolute Gasteiger partial charge is 0.311 e. The summed E-state index contributed by atoms with van der Waals surface area (Å²) < 4.78 is 5.23. The lowest BCUT2D eigenvalue weighted by Gasteiger charge is -2.21. The molecule has 0 spiro atoms. The zero-order valence-electron chi connectivity index (χ0n) is 6.93. The Morgan fingerprint density at radius 1 is 1.69 bits per heavy atom. The molecule has 1 N–H and O–H groups in total. The Labute approximate surface area is 75.2 Å². The van der Waals surface area contributed by atoms with Crippen molar-refractivity contribution in [2.75, 3.05) is 6.61 Å². The number of hydrogen-bond donors (Lipinski definition) is 1. The molecular weight excluding hydrogens is 170 g/mol. The number of aromatic nitrogens is 1. The third kappa shape index (κ3) is 1.35. The van der Waals surface area contributed by atoms with Crippen molar-refractivity contribution in [1.29, 1.82) is 0 Å². The van der Waals surface area contributed by atoms with Crippen LogP contribution >= 0.6 is 0 Å². The minimum absolute atomic E-state index is 0.432. The fourth-order valence-electron chi connectivity index (χ4n) is 1.47. The van der Waals surface area contributed by atoms with Crippen LogP contribution in [0.5, 0.6) is 5.88 Å². The van der Waals surface area contributed by atoms with Gasteiger partial charge in [0.25, 0.3) is 0 Å². The maximum atomic E-state index is 10.8. The average molecular weight is 179 g/mol. The van der Waals surface area contributed by atoms with Gasteiger partial charge in [0, 0.05) is 11.8 Å². The lowest BCUT2D eigenvalue weighted by Crippen LogP contribution is -2.21. The fourth-order valence-corrected chi connectivity index (χ4v) is 1.47. The molecule has 1 aliphatic heterocycles. The van der Waals surface area contributed by atoms with Crippen molar-refractivity contribution in [3.63, 3.8) is 0 Å². The van der Waals surface area contributed by atoms with Crippen molar-refractivity contribution in [2.45, 2.75) is 12.3 Å². The molecule has 1 aromatic rings. The number of hydrogen-bond acceptors (Lipinski definition) is 3. The van der Waals surface area contributed by atoms with Gasteiger partial charge < -0.3 is 9.84 Å².